The third kappa shape index (κ3) is 10.4. The van der Waals surface area contributed by atoms with E-state index in [9.17, 15) is 31.9 Å². The molecule has 1 aromatic carbocycles. The van der Waals surface area contributed by atoms with E-state index in [4.69, 9.17) is 17.3 Å². The highest BCUT2D eigenvalue weighted by atomic mass is 35.5. The first-order valence-corrected chi connectivity index (χ1v) is 20.6. The predicted octanol–water partition coefficient (Wildman–Crippen LogP) is 6.41. The van der Waals surface area contributed by atoms with Gasteiger partial charge in [0.05, 0.1) is 23.5 Å². The summed E-state index contributed by atoms with van der Waals surface area (Å²) < 4.78 is 59.7. The summed E-state index contributed by atoms with van der Waals surface area (Å²) in [5.74, 6) is -0.426. The van der Waals surface area contributed by atoms with Crippen molar-refractivity contribution in [1.82, 2.24) is 44.3 Å². The SMILES string of the molecule is Cn1cc2cc(-c3ccc(C4C[C@H]4CCN(C=O)C(CC(=C/N)/C=N/C(F)F)C(=O)NC(C)(C)Cn4nc(C(F)(F)P)cc4-c4ccn(C5CC5)c(=O)n4)c(Cl)c3)cnc2n1. The zero-order chi connectivity index (χ0) is 43.8. The average Bonchev–Trinajstić information content (AvgIpc) is 4.11. The Morgan fingerprint density at radius 1 is 1.16 bits per heavy atom. The molecule has 2 fully saturated rings. The molecular formula is C41H45ClF4N11O3P. The number of aromatic nitrogens is 7. The topological polar surface area (TPSA) is 171 Å². The first kappa shape index (κ1) is 43.6. The van der Waals surface area contributed by atoms with E-state index in [1.807, 2.05) is 37.5 Å². The van der Waals surface area contributed by atoms with Crippen LogP contribution in [-0.4, -0.2) is 82.2 Å². The fourth-order valence-electron chi connectivity index (χ4n) is 7.57. The number of benzene rings is 1. The van der Waals surface area contributed by atoms with Crippen molar-refractivity contribution in [2.24, 2.45) is 23.7 Å². The van der Waals surface area contributed by atoms with Crippen molar-refractivity contribution < 1.29 is 27.2 Å². The molecule has 3 unspecified atom stereocenters. The maximum atomic E-state index is 14.6. The number of hydrogen-bond donors (Lipinski definition) is 2. The zero-order valence-corrected chi connectivity index (χ0v) is 35.5. The van der Waals surface area contributed by atoms with Gasteiger partial charge in [-0.05, 0) is 98.5 Å². The molecule has 4 atom stereocenters. The third-order valence-corrected chi connectivity index (χ3v) is 11.5. The van der Waals surface area contributed by atoms with E-state index in [-0.39, 0.29) is 54.3 Å². The number of carbonyl (C=O) groups excluding carboxylic acids is 2. The van der Waals surface area contributed by atoms with Crippen LogP contribution in [0.2, 0.25) is 5.02 Å². The summed E-state index contributed by atoms with van der Waals surface area (Å²) in [7, 11) is 3.27. The van der Waals surface area contributed by atoms with Gasteiger partial charge in [0.1, 0.15) is 11.7 Å². The van der Waals surface area contributed by atoms with Crippen LogP contribution in [0.1, 0.15) is 69.2 Å². The van der Waals surface area contributed by atoms with Crippen LogP contribution in [0.4, 0.5) is 17.6 Å². The van der Waals surface area contributed by atoms with Crippen LogP contribution >= 0.6 is 20.8 Å². The van der Waals surface area contributed by atoms with Crippen molar-refractivity contribution in [1.29, 1.82) is 0 Å². The van der Waals surface area contributed by atoms with Crippen molar-refractivity contribution >= 4 is 50.4 Å². The zero-order valence-electron chi connectivity index (χ0n) is 33.6. The van der Waals surface area contributed by atoms with Gasteiger partial charge in [-0.25, -0.2) is 14.8 Å². The molecule has 7 rings (SSSR count). The summed E-state index contributed by atoms with van der Waals surface area (Å²) in [5, 5.41) is 12.8. The van der Waals surface area contributed by atoms with Crippen LogP contribution < -0.4 is 16.7 Å². The number of aliphatic imine (C=N–C) groups is 1. The Morgan fingerprint density at radius 2 is 1.93 bits per heavy atom. The molecule has 0 saturated heterocycles. The number of hydrogen-bond acceptors (Lipinski definition) is 9. The van der Waals surface area contributed by atoms with Gasteiger partial charge in [-0.3, -0.25) is 23.5 Å². The molecule has 0 radical (unpaired) electrons. The molecule has 14 nitrogen and oxygen atoms in total. The fourth-order valence-corrected chi connectivity index (χ4v) is 8.03. The molecule has 2 aliphatic carbocycles. The Morgan fingerprint density at radius 3 is 2.59 bits per heavy atom. The van der Waals surface area contributed by atoms with Crippen LogP contribution in [0.5, 0.6) is 0 Å². The number of nitrogens with one attached hydrogen (secondary N) is 1. The Hall–Kier alpha value is -5.48. The number of rotatable bonds is 18. The quantitative estimate of drug-likeness (QED) is 0.0335. The van der Waals surface area contributed by atoms with Crippen molar-refractivity contribution in [3.63, 3.8) is 0 Å². The Bertz CT molecular complexity index is 2570. The summed E-state index contributed by atoms with van der Waals surface area (Å²) >= 11 is 6.82. The first-order chi connectivity index (χ1) is 28.9. The van der Waals surface area contributed by atoms with Crippen LogP contribution in [0.25, 0.3) is 33.5 Å². The van der Waals surface area contributed by atoms with E-state index >= 15 is 0 Å². The second-order valence-electron chi connectivity index (χ2n) is 16.2. The lowest BCUT2D eigenvalue weighted by atomic mass is 10.00. The largest absolute Gasteiger partial charge is 0.404 e. The van der Waals surface area contributed by atoms with Crippen LogP contribution in [0.15, 0.2) is 76.5 Å². The molecule has 5 aromatic rings. The molecule has 2 aliphatic rings. The second kappa shape index (κ2) is 17.5. The minimum atomic E-state index is -3.42. The van der Waals surface area contributed by atoms with E-state index < -0.39 is 41.1 Å². The van der Waals surface area contributed by atoms with Crippen molar-refractivity contribution in [3.05, 3.63) is 93.5 Å². The highest BCUT2D eigenvalue weighted by Gasteiger charge is 2.40. The minimum absolute atomic E-state index is 0.0513. The number of nitrogens with two attached hydrogens (primary N) is 1. The monoisotopic (exact) mass is 881 g/mol. The molecule has 0 aliphatic heterocycles. The summed E-state index contributed by atoms with van der Waals surface area (Å²) in [4.78, 5) is 52.7. The normalized spacial score (nSPS) is 17.6. The number of alkyl halides is 4. The van der Waals surface area contributed by atoms with Crippen molar-refractivity contribution in [2.75, 3.05) is 6.54 Å². The number of aryl methyl sites for hydroxylation is 1. The number of carbonyl (C=O) groups is 2. The molecule has 2 saturated carbocycles. The second-order valence-corrected chi connectivity index (χ2v) is 17.4. The van der Waals surface area contributed by atoms with E-state index in [1.165, 1.54) is 23.4 Å². The number of halogens is 5. The van der Waals surface area contributed by atoms with Gasteiger partial charge in [0.15, 0.2) is 5.65 Å². The fraction of sp³-hybridized carbons (Fsp3) is 0.415. The van der Waals surface area contributed by atoms with Gasteiger partial charge in [0.25, 0.3) is 0 Å². The molecule has 20 heteroatoms. The molecule has 3 N–H and O–H groups in total. The summed E-state index contributed by atoms with van der Waals surface area (Å²) in [5.41, 5.74) is 3.72. The van der Waals surface area contributed by atoms with Crippen LogP contribution in [-0.2, 0) is 28.8 Å². The summed E-state index contributed by atoms with van der Waals surface area (Å²) in [6.07, 6.45) is 10.4. The van der Waals surface area contributed by atoms with Gasteiger partial charge in [0, 0.05) is 66.8 Å². The van der Waals surface area contributed by atoms with E-state index in [0.717, 1.165) is 59.8 Å². The van der Waals surface area contributed by atoms with Crippen LogP contribution in [0.3, 0.4) is 0 Å². The number of amides is 2. The lowest BCUT2D eigenvalue weighted by Crippen LogP contribution is -2.55. The third-order valence-electron chi connectivity index (χ3n) is 10.9. The highest BCUT2D eigenvalue weighted by Crippen LogP contribution is 2.52. The maximum absolute atomic E-state index is 14.6. The average molecular weight is 882 g/mol. The maximum Gasteiger partial charge on any atom is 0.348 e. The predicted molar refractivity (Wildman–Crippen MR) is 226 cm³/mol. The Labute approximate surface area is 355 Å². The molecule has 2 amide bonds. The molecular weight excluding hydrogens is 837 g/mol. The molecule has 0 spiro atoms. The van der Waals surface area contributed by atoms with E-state index in [0.29, 0.717) is 23.5 Å². The Kier molecular flexibility index (Phi) is 12.5. The molecule has 0 bridgehead atoms. The van der Waals surface area contributed by atoms with Crippen LogP contribution in [0, 0.1) is 5.92 Å². The van der Waals surface area contributed by atoms with E-state index in [1.54, 1.807) is 37.0 Å². The highest BCUT2D eigenvalue weighted by molar-refractivity contribution is 7.17. The summed E-state index contributed by atoms with van der Waals surface area (Å²) in [6.45, 7) is 0.194. The number of nitrogens with zero attached hydrogens (tertiary/aromatic N) is 9. The van der Waals surface area contributed by atoms with Gasteiger partial charge in [0.2, 0.25) is 12.3 Å². The van der Waals surface area contributed by atoms with Gasteiger partial charge in [-0.1, -0.05) is 33.0 Å². The summed E-state index contributed by atoms with van der Waals surface area (Å²) in [6, 6.07) is 9.37. The standard InChI is InChI=1S/C41H45ClF4N11O3P/c1-40(2,21-57-33(16-35(52-57)41(45,46)61)32-9-11-56(28-5-6-28)39(60)50-32)51-37(59)34(12-23(17-47)18-49-38(43)44)55(22-58)10-8-25-14-30(25)29-7-4-24(15-31(29)42)26-13-27-20-54(3)53-36(27)48-19-26/h4,7,9,11,13,15-20,22,25,28,30,34,38H,5-6,8,10,12,14,21,47,61H2,1-3H3,(H,51,59)/b23-17-,49-18+/t25-,30?,34?/m1/s1. The van der Waals surface area contributed by atoms with Gasteiger partial charge >= 0.3 is 17.9 Å². The van der Waals surface area contributed by atoms with Gasteiger partial charge in [-0.15, -0.1) is 0 Å². The molecule has 322 valence electrons. The lowest BCUT2D eigenvalue weighted by molar-refractivity contribution is -0.134. The first-order valence-electron chi connectivity index (χ1n) is 19.6. The Balaban J connectivity index is 1.07. The van der Waals surface area contributed by atoms with E-state index in [2.05, 4.69) is 30.5 Å². The molecule has 4 heterocycles. The smallest absolute Gasteiger partial charge is 0.348 e. The number of pyridine rings is 1. The molecule has 61 heavy (non-hydrogen) atoms. The van der Waals surface area contributed by atoms with Gasteiger partial charge < -0.3 is 16.0 Å². The number of fused-ring (bicyclic) bond motifs is 1. The van der Waals surface area contributed by atoms with Gasteiger partial charge in [-0.2, -0.15) is 32.7 Å². The lowest BCUT2D eigenvalue weighted by Gasteiger charge is -2.33. The van der Waals surface area contributed by atoms with Crippen molar-refractivity contribution in [2.45, 2.75) is 88.2 Å². The minimum Gasteiger partial charge on any atom is -0.404 e. The molecule has 4 aromatic heterocycles. The van der Waals surface area contributed by atoms with Crippen molar-refractivity contribution in [3.8, 4) is 22.5 Å².